The summed E-state index contributed by atoms with van der Waals surface area (Å²) >= 11 is 9.19. The topological polar surface area (TPSA) is 46.2 Å². The van der Waals surface area contributed by atoms with Gasteiger partial charge in [-0.3, -0.25) is 0 Å². The van der Waals surface area contributed by atoms with Crippen LogP contribution in [0.15, 0.2) is 22.7 Å². The SMILES string of the molecule is NCC(CO)c1cc(Cl)cc(Br)c1. The minimum Gasteiger partial charge on any atom is -0.396 e. The lowest BCUT2D eigenvalue weighted by molar-refractivity contribution is 0.268. The molecule has 1 atom stereocenters. The Morgan fingerprint density at radius 2 is 2.15 bits per heavy atom. The van der Waals surface area contributed by atoms with Crippen molar-refractivity contribution in [3.63, 3.8) is 0 Å². The number of rotatable bonds is 3. The molecule has 0 saturated carbocycles. The molecule has 4 heteroatoms. The van der Waals surface area contributed by atoms with Crippen molar-refractivity contribution in [2.75, 3.05) is 13.2 Å². The van der Waals surface area contributed by atoms with Crippen LogP contribution in [-0.2, 0) is 0 Å². The number of nitrogens with two attached hydrogens (primary N) is 1. The lowest BCUT2D eigenvalue weighted by Crippen LogP contribution is -2.15. The molecule has 1 aromatic rings. The first-order valence-electron chi connectivity index (χ1n) is 3.94. The normalized spacial score (nSPS) is 12.9. The van der Waals surface area contributed by atoms with Gasteiger partial charge in [0.05, 0.1) is 6.61 Å². The van der Waals surface area contributed by atoms with E-state index in [0.29, 0.717) is 11.6 Å². The molecule has 0 bridgehead atoms. The Balaban J connectivity index is 2.99. The van der Waals surface area contributed by atoms with Crippen molar-refractivity contribution >= 4 is 27.5 Å². The number of halogens is 2. The largest absolute Gasteiger partial charge is 0.396 e. The van der Waals surface area contributed by atoms with Gasteiger partial charge in [0, 0.05) is 22.0 Å². The third-order valence-corrected chi connectivity index (χ3v) is 2.54. The molecule has 0 radical (unpaired) electrons. The van der Waals surface area contributed by atoms with E-state index in [9.17, 15) is 0 Å². The van der Waals surface area contributed by atoms with Gasteiger partial charge in [-0.25, -0.2) is 0 Å². The highest BCUT2D eigenvalue weighted by Gasteiger charge is 2.09. The fraction of sp³-hybridized carbons (Fsp3) is 0.333. The maximum atomic E-state index is 9.02. The van der Waals surface area contributed by atoms with Crippen LogP contribution in [0.25, 0.3) is 0 Å². The summed E-state index contributed by atoms with van der Waals surface area (Å²) in [5.74, 6) is -0.0324. The summed E-state index contributed by atoms with van der Waals surface area (Å²) in [6.45, 7) is 0.465. The maximum absolute atomic E-state index is 9.02. The van der Waals surface area contributed by atoms with E-state index >= 15 is 0 Å². The van der Waals surface area contributed by atoms with Gasteiger partial charge in [0.25, 0.3) is 0 Å². The third-order valence-electron chi connectivity index (χ3n) is 1.86. The minimum absolute atomic E-state index is 0.0324. The molecule has 1 unspecified atom stereocenters. The van der Waals surface area contributed by atoms with E-state index in [-0.39, 0.29) is 12.5 Å². The number of hydrogen-bond donors (Lipinski definition) is 2. The molecule has 0 saturated heterocycles. The van der Waals surface area contributed by atoms with Crippen molar-refractivity contribution in [3.8, 4) is 0 Å². The predicted molar refractivity (Wildman–Crippen MR) is 58.0 cm³/mol. The second-order valence-electron chi connectivity index (χ2n) is 2.82. The molecule has 13 heavy (non-hydrogen) atoms. The molecule has 3 N–H and O–H groups in total. The first-order valence-corrected chi connectivity index (χ1v) is 5.11. The Morgan fingerprint density at radius 3 is 2.62 bits per heavy atom. The summed E-state index contributed by atoms with van der Waals surface area (Å²) in [5, 5.41) is 9.67. The van der Waals surface area contributed by atoms with Crippen LogP contribution in [0, 0.1) is 0 Å². The van der Waals surface area contributed by atoms with Gasteiger partial charge >= 0.3 is 0 Å². The van der Waals surface area contributed by atoms with Gasteiger partial charge < -0.3 is 10.8 Å². The third kappa shape index (κ3) is 2.95. The van der Waals surface area contributed by atoms with E-state index in [2.05, 4.69) is 15.9 Å². The molecule has 1 rings (SSSR count). The number of benzene rings is 1. The quantitative estimate of drug-likeness (QED) is 0.879. The molecule has 0 fully saturated rings. The van der Waals surface area contributed by atoms with E-state index < -0.39 is 0 Å². The predicted octanol–water partition coefficient (Wildman–Crippen LogP) is 2.14. The summed E-state index contributed by atoms with van der Waals surface area (Å²) in [5.41, 5.74) is 6.46. The van der Waals surface area contributed by atoms with Crippen LogP contribution in [0.2, 0.25) is 5.02 Å². The van der Waals surface area contributed by atoms with Crippen molar-refractivity contribution in [2.24, 2.45) is 5.73 Å². The number of aliphatic hydroxyl groups is 1. The van der Waals surface area contributed by atoms with Gasteiger partial charge in [-0.1, -0.05) is 27.5 Å². The Morgan fingerprint density at radius 1 is 1.46 bits per heavy atom. The molecule has 0 aliphatic rings. The van der Waals surface area contributed by atoms with Crippen LogP contribution in [0.5, 0.6) is 0 Å². The summed E-state index contributed by atoms with van der Waals surface area (Å²) in [6, 6.07) is 5.54. The molecule has 0 aromatic heterocycles. The molecule has 0 amide bonds. The van der Waals surface area contributed by atoms with E-state index in [0.717, 1.165) is 10.0 Å². The fourth-order valence-electron chi connectivity index (χ4n) is 1.13. The van der Waals surface area contributed by atoms with Gasteiger partial charge in [0.1, 0.15) is 0 Å². The molecule has 0 spiro atoms. The average molecular weight is 265 g/mol. The minimum atomic E-state index is -0.0324. The summed E-state index contributed by atoms with van der Waals surface area (Å²) in [6.07, 6.45) is 0. The van der Waals surface area contributed by atoms with Crippen LogP contribution in [-0.4, -0.2) is 18.3 Å². The second-order valence-corrected chi connectivity index (χ2v) is 4.17. The maximum Gasteiger partial charge on any atom is 0.0511 e. The Kier molecular flexibility index (Phi) is 4.19. The van der Waals surface area contributed by atoms with Gasteiger partial charge in [0.2, 0.25) is 0 Å². The van der Waals surface area contributed by atoms with Crippen molar-refractivity contribution in [1.29, 1.82) is 0 Å². The van der Waals surface area contributed by atoms with Crippen molar-refractivity contribution in [1.82, 2.24) is 0 Å². The smallest absolute Gasteiger partial charge is 0.0511 e. The second kappa shape index (κ2) is 4.96. The highest BCUT2D eigenvalue weighted by molar-refractivity contribution is 9.10. The summed E-state index contributed by atoms with van der Waals surface area (Å²) in [4.78, 5) is 0. The summed E-state index contributed by atoms with van der Waals surface area (Å²) < 4.78 is 0.905. The number of aliphatic hydroxyl groups excluding tert-OH is 1. The van der Waals surface area contributed by atoms with Gasteiger partial charge in [-0.2, -0.15) is 0 Å². The molecule has 1 aromatic carbocycles. The van der Waals surface area contributed by atoms with Gasteiger partial charge in [-0.15, -0.1) is 0 Å². The standard InChI is InChI=1S/C9H11BrClNO/c10-8-1-6(2-9(11)3-8)7(4-12)5-13/h1-3,7,13H,4-5,12H2. The molecule has 0 aliphatic carbocycles. The zero-order chi connectivity index (χ0) is 9.84. The van der Waals surface area contributed by atoms with E-state index in [4.69, 9.17) is 22.4 Å². The molecule has 72 valence electrons. The number of hydrogen-bond acceptors (Lipinski definition) is 2. The zero-order valence-corrected chi connectivity index (χ0v) is 9.35. The molecule has 2 nitrogen and oxygen atoms in total. The van der Waals surface area contributed by atoms with Gasteiger partial charge in [0.15, 0.2) is 0 Å². The van der Waals surface area contributed by atoms with Gasteiger partial charge in [-0.05, 0) is 23.8 Å². The first-order chi connectivity index (χ1) is 6.17. The Hall–Kier alpha value is -0.0900. The van der Waals surface area contributed by atoms with E-state index in [1.807, 2.05) is 12.1 Å². The lowest BCUT2D eigenvalue weighted by Gasteiger charge is -2.12. The van der Waals surface area contributed by atoms with E-state index in [1.54, 1.807) is 6.07 Å². The monoisotopic (exact) mass is 263 g/mol. The first kappa shape index (κ1) is 11.0. The fourth-order valence-corrected chi connectivity index (χ4v) is 2.01. The van der Waals surface area contributed by atoms with Crippen LogP contribution >= 0.6 is 27.5 Å². The Labute approximate surface area is 90.8 Å². The van der Waals surface area contributed by atoms with Crippen molar-refractivity contribution in [3.05, 3.63) is 33.3 Å². The van der Waals surface area contributed by atoms with Crippen molar-refractivity contribution in [2.45, 2.75) is 5.92 Å². The highest BCUT2D eigenvalue weighted by atomic mass is 79.9. The molecular weight excluding hydrogens is 253 g/mol. The van der Waals surface area contributed by atoms with Crippen LogP contribution in [0.1, 0.15) is 11.5 Å². The Bertz CT molecular complexity index is 269. The average Bonchev–Trinajstić information content (AvgIpc) is 2.04. The molecular formula is C9H11BrClNO. The molecule has 0 aliphatic heterocycles. The zero-order valence-electron chi connectivity index (χ0n) is 7.00. The highest BCUT2D eigenvalue weighted by Crippen LogP contribution is 2.24. The summed E-state index contributed by atoms with van der Waals surface area (Å²) in [7, 11) is 0. The van der Waals surface area contributed by atoms with Crippen LogP contribution < -0.4 is 5.73 Å². The van der Waals surface area contributed by atoms with E-state index in [1.165, 1.54) is 0 Å². The van der Waals surface area contributed by atoms with Crippen molar-refractivity contribution < 1.29 is 5.11 Å². The van der Waals surface area contributed by atoms with Crippen LogP contribution in [0.4, 0.5) is 0 Å². The molecule has 0 heterocycles. The lowest BCUT2D eigenvalue weighted by atomic mass is 10.0. The van der Waals surface area contributed by atoms with Crippen LogP contribution in [0.3, 0.4) is 0 Å².